The zero-order valence-corrected chi connectivity index (χ0v) is 16.2. The predicted octanol–water partition coefficient (Wildman–Crippen LogP) is 2.81. The van der Waals surface area contributed by atoms with Crippen molar-refractivity contribution in [3.05, 3.63) is 65.2 Å². The number of nitrogens with zero attached hydrogens (tertiary/aromatic N) is 5. The highest BCUT2D eigenvalue weighted by molar-refractivity contribution is 5.95. The number of anilines is 1. The molecule has 3 heterocycles. The first-order chi connectivity index (χ1) is 13.6. The van der Waals surface area contributed by atoms with Gasteiger partial charge in [-0.2, -0.15) is 5.10 Å². The maximum Gasteiger partial charge on any atom is 0.255 e. The quantitative estimate of drug-likeness (QED) is 0.741. The van der Waals surface area contributed by atoms with Crippen molar-refractivity contribution >= 4 is 11.9 Å². The molecule has 1 saturated heterocycles. The van der Waals surface area contributed by atoms with E-state index in [1.807, 2.05) is 50.2 Å². The molecule has 0 aliphatic carbocycles. The van der Waals surface area contributed by atoms with Crippen molar-refractivity contribution in [2.24, 2.45) is 0 Å². The fourth-order valence-corrected chi connectivity index (χ4v) is 3.49. The summed E-state index contributed by atoms with van der Waals surface area (Å²) in [4.78, 5) is 24.1. The van der Waals surface area contributed by atoms with Crippen LogP contribution in [0.15, 0.2) is 42.6 Å². The molecule has 1 aliphatic heterocycles. The standard InChI is InChI=1S/C21H24N6O/c1-15-12-17(25-21(24-15)26-10-6-7-11-26)13-22-20(28)19-14-23-27(16(19)2)18-8-4-3-5-9-18/h3-5,8-9,12,14H,6-7,10-11,13H2,1-2H3,(H,22,28). The first-order valence-corrected chi connectivity index (χ1v) is 9.59. The second-order valence-corrected chi connectivity index (χ2v) is 7.07. The van der Waals surface area contributed by atoms with Gasteiger partial charge in [0.15, 0.2) is 0 Å². The van der Waals surface area contributed by atoms with Crippen LogP contribution in [0.3, 0.4) is 0 Å². The van der Waals surface area contributed by atoms with Crippen molar-refractivity contribution in [2.45, 2.75) is 33.2 Å². The summed E-state index contributed by atoms with van der Waals surface area (Å²) in [6.07, 6.45) is 3.96. The highest BCUT2D eigenvalue weighted by Gasteiger charge is 2.18. The highest BCUT2D eigenvalue weighted by Crippen LogP contribution is 2.17. The van der Waals surface area contributed by atoms with Crippen LogP contribution in [-0.2, 0) is 6.54 Å². The number of hydrogen-bond donors (Lipinski definition) is 1. The third-order valence-electron chi connectivity index (χ3n) is 4.97. The van der Waals surface area contributed by atoms with Gasteiger partial charge in [-0.15, -0.1) is 0 Å². The van der Waals surface area contributed by atoms with E-state index in [2.05, 4.69) is 25.3 Å². The highest BCUT2D eigenvalue weighted by atomic mass is 16.1. The molecule has 4 rings (SSSR count). The van der Waals surface area contributed by atoms with Crippen LogP contribution in [0.2, 0.25) is 0 Å². The summed E-state index contributed by atoms with van der Waals surface area (Å²) in [7, 11) is 0. The smallest absolute Gasteiger partial charge is 0.255 e. The largest absolute Gasteiger partial charge is 0.346 e. The van der Waals surface area contributed by atoms with Gasteiger partial charge in [0, 0.05) is 18.8 Å². The number of amides is 1. The lowest BCUT2D eigenvalue weighted by molar-refractivity contribution is 0.0949. The Bertz CT molecular complexity index is 976. The molecule has 0 unspecified atom stereocenters. The van der Waals surface area contributed by atoms with Crippen LogP contribution in [0, 0.1) is 13.8 Å². The number of nitrogens with one attached hydrogen (secondary N) is 1. The van der Waals surface area contributed by atoms with E-state index >= 15 is 0 Å². The second kappa shape index (κ2) is 7.80. The molecule has 7 heteroatoms. The van der Waals surface area contributed by atoms with Crippen molar-refractivity contribution in [2.75, 3.05) is 18.0 Å². The average molecular weight is 376 g/mol. The van der Waals surface area contributed by atoms with Crippen LogP contribution < -0.4 is 10.2 Å². The van der Waals surface area contributed by atoms with E-state index in [0.717, 1.165) is 41.8 Å². The van der Waals surface area contributed by atoms with E-state index < -0.39 is 0 Å². The van der Waals surface area contributed by atoms with Gasteiger partial charge in [-0.25, -0.2) is 14.6 Å². The third-order valence-corrected chi connectivity index (χ3v) is 4.97. The molecule has 1 fully saturated rings. The lowest BCUT2D eigenvalue weighted by Gasteiger charge is -2.16. The van der Waals surface area contributed by atoms with E-state index in [1.54, 1.807) is 10.9 Å². The molecule has 2 aromatic heterocycles. The van der Waals surface area contributed by atoms with Gasteiger partial charge in [0.2, 0.25) is 5.95 Å². The van der Waals surface area contributed by atoms with Crippen molar-refractivity contribution in [3.8, 4) is 5.69 Å². The Hall–Kier alpha value is -3.22. The minimum atomic E-state index is -0.154. The molecule has 0 radical (unpaired) electrons. The maximum atomic E-state index is 12.7. The molecule has 1 aliphatic rings. The molecule has 0 bridgehead atoms. The summed E-state index contributed by atoms with van der Waals surface area (Å²) in [6, 6.07) is 11.7. The van der Waals surface area contributed by atoms with Crippen LogP contribution in [0.25, 0.3) is 5.69 Å². The van der Waals surface area contributed by atoms with E-state index in [-0.39, 0.29) is 5.91 Å². The third kappa shape index (κ3) is 3.74. The summed E-state index contributed by atoms with van der Waals surface area (Å²) in [5, 5.41) is 7.33. The van der Waals surface area contributed by atoms with Crippen molar-refractivity contribution in [1.82, 2.24) is 25.1 Å². The first-order valence-electron chi connectivity index (χ1n) is 9.59. The van der Waals surface area contributed by atoms with Crippen molar-refractivity contribution < 1.29 is 4.79 Å². The second-order valence-electron chi connectivity index (χ2n) is 7.07. The number of carbonyl (C=O) groups excluding carboxylic acids is 1. The normalized spacial score (nSPS) is 13.7. The summed E-state index contributed by atoms with van der Waals surface area (Å²) >= 11 is 0. The van der Waals surface area contributed by atoms with E-state index in [4.69, 9.17) is 0 Å². The summed E-state index contributed by atoms with van der Waals surface area (Å²) in [5.41, 5.74) is 4.03. The molecular formula is C21H24N6O. The van der Waals surface area contributed by atoms with Crippen molar-refractivity contribution in [1.29, 1.82) is 0 Å². The van der Waals surface area contributed by atoms with Gasteiger partial charge < -0.3 is 10.2 Å². The number of para-hydroxylation sites is 1. The Morgan fingerprint density at radius 3 is 2.61 bits per heavy atom. The van der Waals surface area contributed by atoms with Gasteiger partial charge in [0.25, 0.3) is 5.91 Å². The van der Waals surface area contributed by atoms with Gasteiger partial charge in [0.1, 0.15) is 0 Å². The first kappa shape index (κ1) is 18.2. The van der Waals surface area contributed by atoms with Crippen LogP contribution in [0.4, 0.5) is 5.95 Å². The van der Waals surface area contributed by atoms with Crippen LogP contribution in [-0.4, -0.2) is 38.7 Å². The Morgan fingerprint density at radius 1 is 1.11 bits per heavy atom. The molecule has 28 heavy (non-hydrogen) atoms. The molecule has 1 N–H and O–H groups in total. The molecule has 7 nitrogen and oxygen atoms in total. The Kier molecular flexibility index (Phi) is 5.06. The van der Waals surface area contributed by atoms with Crippen LogP contribution in [0.1, 0.15) is 40.3 Å². The molecule has 0 saturated carbocycles. The zero-order valence-electron chi connectivity index (χ0n) is 16.2. The Labute approximate surface area is 164 Å². The lowest BCUT2D eigenvalue weighted by Crippen LogP contribution is -2.25. The van der Waals surface area contributed by atoms with Gasteiger partial charge in [-0.05, 0) is 44.9 Å². The van der Waals surface area contributed by atoms with Crippen LogP contribution in [0.5, 0.6) is 0 Å². The fraction of sp³-hybridized carbons (Fsp3) is 0.333. The van der Waals surface area contributed by atoms with E-state index in [0.29, 0.717) is 12.1 Å². The molecule has 3 aromatic rings. The molecule has 1 amide bonds. The number of rotatable bonds is 5. The van der Waals surface area contributed by atoms with Gasteiger partial charge in [-0.3, -0.25) is 4.79 Å². The minimum absolute atomic E-state index is 0.154. The number of carbonyl (C=O) groups is 1. The monoisotopic (exact) mass is 376 g/mol. The number of aromatic nitrogens is 4. The van der Waals surface area contributed by atoms with Crippen molar-refractivity contribution in [3.63, 3.8) is 0 Å². The molecule has 144 valence electrons. The summed E-state index contributed by atoms with van der Waals surface area (Å²) < 4.78 is 1.77. The average Bonchev–Trinajstić information content (AvgIpc) is 3.36. The van der Waals surface area contributed by atoms with E-state index in [1.165, 1.54) is 12.8 Å². The Morgan fingerprint density at radius 2 is 1.86 bits per heavy atom. The molecule has 0 spiro atoms. The number of benzene rings is 1. The van der Waals surface area contributed by atoms with Gasteiger partial charge >= 0.3 is 0 Å². The van der Waals surface area contributed by atoms with Gasteiger partial charge in [-0.1, -0.05) is 18.2 Å². The van der Waals surface area contributed by atoms with E-state index in [9.17, 15) is 4.79 Å². The SMILES string of the molecule is Cc1cc(CNC(=O)c2cnn(-c3ccccc3)c2C)nc(N2CCCC2)n1. The fourth-order valence-electron chi connectivity index (χ4n) is 3.49. The van der Waals surface area contributed by atoms with Crippen LogP contribution >= 0.6 is 0 Å². The summed E-state index contributed by atoms with van der Waals surface area (Å²) in [6.45, 7) is 6.20. The minimum Gasteiger partial charge on any atom is -0.346 e. The molecular weight excluding hydrogens is 352 g/mol. The molecule has 1 aromatic carbocycles. The number of aryl methyl sites for hydroxylation is 1. The van der Waals surface area contributed by atoms with Gasteiger partial charge in [0.05, 0.1) is 35.4 Å². The summed E-state index contributed by atoms with van der Waals surface area (Å²) in [5.74, 6) is 0.605. The predicted molar refractivity (Wildman–Crippen MR) is 108 cm³/mol. The Balaban J connectivity index is 1.47. The number of hydrogen-bond acceptors (Lipinski definition) is 5. The zero-order chi connectivity index (χ0) is 19.5. The lowest BCUT2D eigenvalue weighted by atomic mass is 10.2. The molecule has 0 atom stereocenters. The maximum absolute atomic E-state index is 12.7. The topological polar surface area (TPSA) is 75.9 Å².